The zero-order valence-corrected chi connectivity index (χ0v) is 7.03. The van der Waals surface area contributed by atoms with Gasteiger partial charge in [-0.2, -0.15) is 0 Å². The van der Waals surface area contributed by atoms with Crippen LogP contribution in [0.1, 0.15) is 10.5 Å². The van der Waals surface area contributed by atoms with E-state index < -0.39 is 0 Å². The number of aromatic amines is 1. The van der Waals surface area contributed by atoms with Gasteiger partial charge in [-0.1, -0.05) is 0 Å². The van der Waals surface area contributed by atoms with Gasteiger partial charge < -0.3 is 10.3 Å². The molecule has 0 fully saturated rings. The molecule has 2 aromatic rings. The molecule has 0 spiro atoms. The molecule has 0 atom stereocenters. The largest absolute Gasteiger partial charge is 0.354 e. The lowest BCUT2D eigenvalue weighted by Gasteiger charge is -1.96. The van der Waals surface area contributed by atoms with Crippen LogP contribution in [-0.2, 0) is 0 Å². The van der Waals surface area contributed by atoms with Crippen LogP contribution in [0.25, 0.3) is 11.0 Å². The Balaban J connectivity index is 2.54. The molecule has 13 heavy (non-hydrogen) atoms. The maximum absolute atomic E-state index is 11.2. The van der Waals surface area contributed by atoms with Crippen LogP contribution >= 0.6 is 0 Å². The molecule has 2 N–H and O–H groups in total. The summed E-state index contributed by atoms with van der Waals surface area (Å²) in [5.41, 5.74) is 1.95. The summed E-state index contributed by atoms with van der Waals surface area (Å²) < 4.78 is 0. The van der Waals surface area contributed by atoms with Crippen molar-refractivity contribution in [2.75, 3.05) is 7.05 Å². The smallest absolute Gasteiger partial charge is 0.269 e. The minimum Gasteiger partial charge on any atom is -0.354 e. The highest BCUT2D eigenvalue weighted by Crippen LogP contribution is 2.07. The van der Waals surface area contributed by atoms with Crippen molar-refractivity contribution in [3.8, 4) is 0 Å². The van der Waals surface area contributed by atoms with E-state index in [4.69, 9.17) is 0 Å². The van der Waals surface area contributed by atoms with Crippen molar-refractivity contribution >= 4 is 16.9 Å². The van der Waals surface area contributed by atoms with Crippen molar-refractivity contribution in [3.05, 3.63) is 24.3 Å². The van der Waals surface area contributed by atoms with E-state index >= 15 is 0 Å². The first kappa shape index (κ1) is 7.72. The number of pyridine rings is 1. The number of aromatic nitrogens is 3. The zero-order valence-electron chi connectivity index (χ0n) is 7.03. The zero-order chi connectivity index (χ0) is 9.26. The molecular formula is C8H8N4O. The molecule has 0 saturated heterocycles. The predicted octanol–water partition coefficient (Wildman–Crippen LogP) is 0.318. The van der Waals surface area contributed by atoms with Crippen LogP contribution in [-0.4, -0.2) is 27.9 Å². The first-order valence-electron chi connectivity index (χ1n) is 3.82. The summed E-state index contributed by atoms with van der Waals surface area (Å²) >= 11 is 0. The van der Waals surface area contributed by atoms with Crippen LogP contribution in [0.4, 0.5) is 0 Å². The van der Waals surface area contributed by atoms with Gasteiger partial charge in [0.25, 0.3) is 5.91 Å². The van der Waals surface area contributed by atoms with Gasteiger partial charge in [-0.15, -0.1) is 0 Å². The Hall–Kier alpha value is -1.91. The number of nitrogens with one attached hydrogen (secondary N) is 2. The minimum atomic E-state index is -0.204. The van der Waals surface area contributed by atoms with E-state index in [0.717, 1.165) is 11.0 Å². The van der Waals surface area contributed by atoms with E-state index in [-0.39, 0.29) is 5.91 Å². The third-order valence-electron chi connectivity index (χ3n) is 1.77. The lowest BCUT2D eigenvalue weighted by Crippen LogP contribution is -2.18. The van der Waals surface area contributed by atoms with Gasteiger partial charge in [0, 0.05) is 7.05 Å². The molecular weight excluding hydrogens is 168 g/mol. The fraction of sp³-hybridized carbons (Fsp3) is 0.125. The van der Waals surface area contributed by atoms with Crippen molar-refractivity contribution < 1.29 is 4.79 Å². The molecule has 2 heterocycles. The van der Waals surface area contributed by atoms with E-state index in [1.807, 2.05) is 0 Å². The first-order valence-corrected chi connectivity index (χ1v) is 3.82. The van der Waals surface area contributed by atoms with E-state index in [1.54, 1.807) is 25.6 Å². The summed E-state index contributed by atoms with van der Waals surface area (Å²) in [4.78, 5) is 22.1. The normalized spacial score (nSPS) is 10.2. The second kappa shape index (κ2) is 2.85. The van der Waals surface area contributed by atoms with E-state index in [1.165, 1.54) is 0 Å². The van der Waals surface area contributed by atoms with Crippen LogP contribution in [0.3, 0.4) is 0 Å². The van der Waals surface area contributed by atoms with E-state index in [0.29, 0.717) is 5.69 Å². The number of nitrogens with zero attached hydrogens (tertiary/aromatic N) is 2. The van der Waals surface area contributed by atoms with Gasteiger partial charge >= 0.3 is 0 Å². The highest BCUT2D eigenvalue weighted by Gasteiger charge is 2.05. The summed E-state index contributed by atoms with van der Waals surface area (Å²) in [6.45, 7) is 0. The standard InChI is InChI=1S/C8H8N4O/c1-9-8(13)6-2-5-7(3-10-6)12-4-11-5/h2-4H,1H3,(H,9,13)(H,11,12). The summed E-state index contributed by atoms with van der Waals surface area (Å²) in [7, 11) is 1.57. The average molecular weight is 176 g/mol. The fourth-order valence-corrected chi connectivity index (χ4v) is 1.09. The lowest BCUT2D eigenvalue weighted by atomic mass is 10.3. The van der Waals surface area contributed by atoms with Crippen LogP contribution in [0.2, 0.25) is 0 Å². The van der Waals surface area contributed by atoms with Crippen molar-refractivity contribution in [1.29, 1.82) is 0 Å². The van der Waals surface area contributed by atoms with Crippen LogP contribution in [0.15, 0.2) is 18.6 Å². The Morgan fingerprint density at radius 2 is 2.38 bits per heavy atom. The van der Waals surface area contributed by atoms with Gasteiger partial charge in [-0.3, -0.25) is 4.79 Å². The quantitative estimate of drug-likeness (QED) is 0.657. The Labute approximate surface area is 74.2 Å². The van der Waals surface area contributed by atoms with Crippen LogP contribution in [0.5, 0.6) is 0 Å². The molecule has 0 bridgehead atoms. The third-order valence-corrected chi connectivity index (χ3v) is 1.77. The molecule has 0 aliphatic carbocycles. The average Bonchev–Trinajstić information content (AvgIpc) is 2.63. The van der Waals surface area contributed by atoms with Gasteiger partial charge in [0.2, 0.25) is 0 Å². The van der Waals surface area contributed by atoms with Crippen molar-refractivity contribution in [3.63, 3.8) is 0 Å². The second-order valence-corrected chi connectivity index (χ2v) is 2.57. The van der Waals surface area contributed by atoms with Crippen LogP contribution < -0.4 is 5.32 Å². The van der Waals surface area contributed by atoms with Gasteiger partial charge in [-0.25, -0.2) is 9.97 Å². The Bertz CT molecular complexity index is 448. The molecule has 5 nitrogen and oxygen atoms in total. The van der Waals surface area contributed by atoms with Crippen molar-refractivity contribution in [1.82, 2.24) is 20.3 Å². The molecule has 0 aliphatic rings. The van der Waals surface area contributed by atoms with Crippen molar-refractivity contribution in [2.45, 2.75) is 0 Å². The fourth-order valence-electron chi connectivity index (χ4n) is 1.09. The number of hydrogen-bond acceptors (Lipinski definition) is 3. The number of rotatable bonds is 1. The third kappa shape index (κ3) is 1.24. The summed E-state index contributed by atoms with van der Waals surface area (Å²) in [5.74, 6) is -0.204. The number of fused-ring (bicyclic) bond motifs is 1. The SMILES string of the molecule is CNC(=O)c1cc2nc[nH]c2cn1. The van der Waals surface area contributed by atoms with Crippen LogP contribution in [0, 0.1) is 0 Å². The van der Waals surface area contributed by atoms with Gasteiger partial charge in [-0.05, 0) is 6.07 Å². The lowest BCUT2D eigenvalue weighted by molar-refractivity contribution is 0.0958. The van der Waals surface area contributed by atoms with Crippen molar-refractivity contribution in [2.24, 2.45) is 0 Å². The van der Waals surface area contributed by atoms with Gasteiger partial charge in [0.1, 0.15) is 5.69 Å². The molecule has 0 unspecified atom stereocenters. The Morgan fingerprint density at radius 1 is 1.54 bits per heavy atom. The van der Waals surface area contributed by atoms with Gasteiger partial charge in [0.05, 0.1) is 23.6 Å². The second-order valence-electron chi connectivity index (χ2n) is 2.57. The maximum atomic E-state index is 11.2. The number of carbonyl (C=O) groups excluding carboxylic acids is 1. The maximum Gasteiger partial charge on any atom is 0.269 e. The monoisotopic (exact) mass is 176 g/mol. The molecule has 5 heteroatoms. The number of imidazole rings is 1. The highest BCUT2D eigenvalue weighted by molar-refractivity contribution is 5.94. The Kier molecular flexibility index (Phi) is 1.70. The van der Waals surface area contributed by atoms with Gasteiger partial charge in [0.15, 0.2) is 0 Å². The molecule has 66 valence electrons. The molecule has 0 aliphatic heterocycles. The van der Waals surface area contributed by atoms with E-state index in [9.17, 15) is 4.79 Å². The van der Waals surface area contributed by atoms with E-state index in [2.05, 4.69) is 20.3 Å². The molecule has 2 aromatic heterocycles. The molecule has 0 radical (unpaired) electrons. The Morgan fingerprint density at radius 3 is 3.15 bits per heavy atom. The number of amides is 1. The molecule has 0 saturated carbocycles. The topological polar surface area (TPSA) is 70.7 Å². The molecule has 0 aromatic carbocycles. The summed E-state index contributed by atoms with van der Waals surface area (Å²) in [5, 5.41) is 2.50. The summed E-state index contributed by atoms with van der Waals surface area (Å²) in [6.07, 6.45) is 3.16. The number of H-pyrrole nitrogens is 1. The minimum absolute atomic E-state index is 0.204. The number of hydrogen-bond donors (Lipinski definition) is 2. The summed E-state index contributed by atoms with van der Waals surface area (Å²) in [6, 6.07) is 1.64. The first-order chi connectivity index (χ1) is 6.31. The molecule has 2 rings (SSSR count). The molecule has 1 amide bonds. The highest BCUT2D eigenvalue weighted by atomic mass is 16.1. The predicted molar refractivity (Wildman–Crippen MR) is 47.3 cm³/mol. The number of carbonyl (C=O) groups is 1.